The molecular weight excluding hydrogens is 365 g/mol. The summed E-state index contributed by atoms with van der Waals surface area (Å²) in [4.78, 5) is 12.6. The van der Waals surface area contributed by atoms with E-state index in [1.807, 2.05) is 65.0 Å². The molecule has 0 aliphatic heterocycles. The molecule has 4 heteroatoms. The summed E-state index contributed by atoms with van der Waals surface area (Å²) in [6, 6.07) is 9.67. The Balaban J connectivity index is 2.92. The molecule has 1 unspecified atom stereocenters. The first kappa shape index (κ1) is 17.4. The fourth-order valence-corrected chi connectivity index (χ4v) is 3.05. The van der Waals surface area contributed by atoms with Crippen molar-refractivity contribution in [3.63, 3.8) is 0 Å². The molecule has 1 rings (SSSR count). The van der Waals surface area contributed by atoms with Gasteiger partial charge < -0.3 is 10.5 Å². The average molecular weight is 389 g/mol. The predicted molar refractivity (Wildman–Crippen MR) is 90.7 cm³/mol. The van der Waals surface area contributed by atoms with Crippen molar-refractivity contribution in [3.05, 3.63) is 35.9 Å². The molecule has 0 amide bonds. The summed E-state index contributed by atoms with van der Waals surface area (Å²) in [6.45, 7) is 9.91. The van der Waals surface area contributed by atoms with Gasteiger partial charge in [0.25, 0.3) is 0 Å². The number of rotatable bonds is 5. The largest absolute Gasteiger partial charge is 0.460 e. The van der Waals surface area contributed by atoms with Gasteiger partial charge in [-0.15, -0.1) is 0 Å². The van der Waals surface area contributed by atoms with Crippen LogP contribution in [-0.2, 0) is 16.1 Å². The lowest BCUT2D eigenvalue weighted by Crippen LogP contribution is -2.62. The highest BCUT2D eigenvalue weighted by Gasteiger charge is 2.55. The second-order valence-electron chi connectivity index (χ2n) is 6.38. The van der Waals surface area contributed by atoms with Gasteiger partial charge in [0.2, 0.25) is 0 Å². The van der Waals surface area contributed by atoms with E-state index in [4.69, 9.17) is 10.5 Å². The first-order valence-electron chi connectivity index (χ1n) is 6.69. The molecule has 0 spiro atoms. The van der Waals surface area contributed by atoms with E-state index in [1.54, 1.807) is 0 Å². The Morgan fingerprint density at radius 2 is 1.65 bits per heavy atom. The molecule has 0 aromatic heterocycles. The number of ether oxygens (including phenoxy) is 1. The average Bonchev–Trinajstić information content (AvgIpc) is 2.33. The van der Waals surface area contributed by atoms with Crippen molar-refractivity contribution in [2.24, 2.45) is 11.1 Å². The minimum atomic E-state index is -0.782. The van der Waals surface area contributed by atoms with Crippen LogP contribution in [0.25, 0.3) is 0 Å². The summed E-state index contributed by atoms with van der Waals surface area (Å²) in [6.07, 6.45) is 0. The van der Waals surface area contributed by atoms with Crippen LogP contribution < -0.4 is 5.73 Å². The van der Waals surface area contributed by atoms with E-state index in [9.17, 15) is 4.79 Å². The standard InChI is InChI=1S/C16H24INO2/c1-14(2,17)16(5,15(3,4)18)13(19)20-11-12-9-7-6-8-10-12/h6-10H,11,18H2,1-5H3. The van der Waals surface area contributed by atoms with Crippen molar-refractivity contribution in [1.29, 1.82) is 0 Å². The Hall–Kier alpha value is -0.620. The van der Waals surface area contributed by atoms with E-state index < -0.39 is 11.0 Å². The van der Waals surface area contributed by atoms with E-state index >= 15 is 0 Å². The van der Waals surface area contributed by atoms with Crippen LogP contribution >= 0.6 is 22.6 Å². The molecule has 0 fully saturated rings. The Bertz CT molecular complexity index is 444. The lowest BCUT2D eigenvalue weighted by Gasteiger charge is -2.47. The number of halogens is 1. The molecule has 1 aromatic rings. The third-order valence-electron chi connectivity index (χ3n) is 4.10. The van der Waals surface area contributed by atoms with Gasteiger partial charge in [0.15, 0.2) is 0 Å². The number of carbonyl (C=O) groups is 1. The van der Waals surface area contributed by atoms with Gasteiger partial charge in [0.05, 0.1) is 5.41 Å². The fraction of sp³-hybridized carbons (Fsp3) is 0.562. The van der Waals surface area contributed by atoms with Crippen molar-refractivity contribution in [1.82, 2.24) is 0 Å². The number of alkyl halides is 1. The maximum absolute atomic E-state index is 12.6. The molecule has 20 heavy (non-hydrogen) atoms. The number of carbonyl (C=O) groups excluding carboxylic acids is 1. The molecule has 0 heterocycles. The van der Waals surface area contributed by atoms with Crippen LogP contribution in [0.1, 0.15) is 40.2 Å². The van der Waals surface area contributed by atoms with Crippen molar-refractivity contribution in [2.45, 2.75) is 50.2 Å². The van der Waals surface area contributed by atoms with Crippen molar-refractivity contribution >= 4 is 28.6 Å². The molecule has 1 aromatic carbocycles. The quantitative estimate of drug-likeness (QED) is 0.475. The van der Waals surface area contributed by atoms with Crippen LogP contribution in [0.5, 0.6) is 0 Å². The minimum Gasteiger partial charge on any atom is -0.460 e. The third kappa shape index (κ3) is 3.52. The maximum atomic E-state index is 12.6. The van der Waals surface area contributed by atoms with E-state index in [0.29, 0.717) is 0 Å². The molecule has 2 N–H and O–H groups in total. The molecule has 112 valence electrons. The summed E-state index contributed by atoms with van der Waals surface area (Å²) in [5, 5.41) is 0. The zero-order valence-electron chi connectivity index (χ0n) is 12.9. The van der Waals surface area contributed by atoms with Crippen LogP contribution in [0.2, 0.25) is 0 Å². The molecular formula is C16H24INO2. The Morgan fingerprint density at radius 1 is 1.15 bits per heavy atom. The first-order valence-corrected chi connectivity index (χ1v) is 7.77. The molecule has 0 aliphatic carbocycles. The Kier molecular flexibility index (Phi) is 5.24. The van der Waals surface area contributed by atoms with Gasteiger partial charge >= 0.3 is 5.97 Å². The Morgan fingerprint density at radius 3 is 2.05 bits per heavy atom. The number of hydrogen-bond acceptors (Lipinski definition) is 3. The highest BCUT2D eigenvalue weighted by molar-refractivity contribution is 14.1. The molecule has 0 radical (unpaired) electrons. The van der Waals surface area contributed by atoms with Gasteiger partial charge in [-0.25, -0.2) is 0 Å². The smallest absolute Gasteiger partial charge is 0.315 e. The lowest BCUT2D eigenvalue weighted by molar-refractivity contribution is -0.161. The van der Waals surface area contributed by atoms with Crippen LogP contribution in [-0.4, -0.2) is 14.9 Å². The summed E-state index contributed by atoms with van der Waals surface area (Å²) >= 11 is 2.27. The molecule has 0 bridgehead atoms. The van der Waals surface area contributed by atoms with E-state index in [0.717, 1.165) is 5.56 Å². The molecule has 0 aliphatic rings. The topological polar surface area (TPSA) is 52.3 Å². The molecule has 0 saturated heterocycles. The number of benzene rings is 1. The molecule has 1 atom stereocenters. The summed E-state index contributed by atoms with van der Waals surface area (Å²) < 4.78 is 5.20. The van der Waals surface area contributed by atoms with Crippen molar-refractivity contribution in [3.8, 4) is 0 Å². The molecule has 0 saturated carbocycles. The van der Waals surface area contributed by atoms with E-state index in [2.05, 4.69) is 22.6 Å². The van der Waals surface area contributed by atoms with Gasteiger partial charge in [-0.1, -0.05) is 52.9 Å². The highest BCUT2D eigenvalue weighted by Crippen LogP contribution is 2.46. The normalized spacial score (nSPS) is 15.6. The monoisotopic (exact) mass is 389 g/mol. The van der Waals surface area contributed by atoms with E-state index in [-0.39, 0.29) is 16.0 Å². The zero-order valence-corrected chi connectivity index (χ0v) is 15.0. The van der Waals surface area contributed by atoms with Crippen LogP contribution in [0.3, 0.4) is 0 Å². The van der Waals surface area contributed by atoms with Crippen LogP contribution in [0.15, 0.2) is 30.3 Å². The van der Waals surface area contributed by atoms with Gasteiger partial charge in [-0.05, 0) is 40.2 Å². The number of hydrogen-bond donors (Lipinski definition) is 1. The van der Waals surface area contributed by atoms with Gasteiger partial charge in [0.1, 0.15) is 6.61 Å². The van der Waals surface area contributed by atoms with Gasteiger partial charge in [0, 0.05) is 8.96 Å². The second-order valence-corrected chi connectivity index (χ2v) is 9.08. The van der Waals surface area contributed by atoms with Crippen molar-refractivity contribution < 1.29 is 9.53 Å². The first-order chi connectivity index (χ1) is 9.00. The summed E-state index contributed by atoms with van der Waals surface area (Å²) in [5.74, 6) is -0.256. The van der Waals surface area contributed by atoms with Gasteiger partial charge in [-0.2, -0.15) is 0 Å². The third-order valence-corrected chi connectivity index (χ3v) is 5.18. The number of esters is 1. The zero-order chi connectivity index (χ0) is 15.6. The predicted octanol–water partition coefficient (Wildman–Crippen LogP) is 3.69. The highest BCUT2D eigenvalue weighted by atomic mass is 127. The fourth-order valence-electron chi connectivity index (χ4n) is 2.14. The van der Waals surface area contributed by atoms with Crippen molar-refractivity contribution in [2.75, 3.05) is 0 Å². The Labute approximate surface area is 135 Å². The van der Waals surface area contributed by atoms with Crippen LogP contribution in [0, 0.1) is 5.41 Å². The summed E-state index contributed by atoms with van der Waals surface area (Å²) in [5.41, 5.74) is 5.78. The maximum Gasteiger partial charge on any atom is 0.315 e. The lowest BCUT2D eigenvalue weighted by atomic mass is 9.66. The summed E-state index contributed by atoms with van der Waals surface area (Å²) in [7, 11) is 0. The van der Waals surface area contributed by atoms with E-state index in [1.165, 1.54) is 0 Å². The number of nitrogens with two attached hydrogens (primary N) is 1. The van der Waals surface area contributed by atoms with Gasteiger partial charge in [-0.3, -0.25) is 4.79 Å². The second kappa shape index (κ2) is 6.02. The minimum absolute atomic E-state index is 0.256. The molecule has 3 nitrogen and oxygen atoms in total. The van der Waals surface area contributed by atoms with Crippen LogP contribution in [0.4, 0.5) is 0 Å². The SMILES string of the molecule is CC(C)(N)C(C)(C(=O)OCc1ccccc1)C(C)(C)I.